The number of nitrogens with zero attached hydrogens (tertiary/aromatic N) is 1. The van der Waals surface area contributed by atoms with Crippen molar-refractivity contribution in [1.29, 1.82) is 5.26 Å². The predicted octanol–water partition coefficient (Wildman–Crippen LogP) is 1.11. The standard InChI is InChI=1S/C13H14N2O3/c1-8(16)11(13(17)18)12(15-2)10-5-3-9(7-14)4-6-10/h3-6,11-12,15H,1-2H3,(H,17,18). The van der Waals surface area contributed by atoms with E-state index in [1.807, 2.05) is 6.07 Å². The van der Waals surface area contributed by atoms with E-state index < -0.39 is 23.7 Å². The van der Waals surface area contributed by atoms with Crippen molar-refractivity contribution in [3.8, 4) is 6.07 Å². The molecule has 0 spiro atoms. The van der Waals surface area contributed by atoms with Crippen molar-refractivity contribution in [2.24, 2.45) is 5.92 Å². The van der Waals surface area contributed by atoms with Crippen LogP contribution in [0.5, 0.6) is 0 Å². The number of nitriles is 1. The molecule has 1 aromatic carbocycles. The SMILES string of the molecule is CNC(c1ccc(C#N)cc1)C(C(C)=O)C(=O)O. The number of carbonyl (C=O) groups excluding carboxylic acids is 1. The Morgan fingerprint density at radius 3 is 2.22 bits per heavy atom. The Balaban J connectivity index is 3.11. The van der Waals surface area contributed by atoms with E-state index in [0.717, 1.165) is 0 Å². The number of ketones is 1. The van der Waals surface area contributed by atoms with Crippen molar-refractivity contribution in [3.63, 3.8) is 0 Å². The zero-order chi connectivity index (χ0) is 13.7. The monoisotopic (exact) mass is 246 g/mol. The second-order valence-electron chi connectivity index (χ2n) is 3.93. The highest BCUT2D eigenvalue weighted by molar-refractivity contribution is 5.97. The molecule has 0 aromatic heterocycles. The van der Waals surface area contributed by atoms with E-state index in [1.165, 1.54) is 6.92 Å². The van der Waals surface area contributed by atoms with Gasteiger partial charge in [0.05, 0.1) is 17.7 Å². The summed E-state index contributed by atoms with van der Waals surface area (Å²) in [7, 11) is 1.60. The molecule has 0 fully saturated rings. The summed E-state index contributed by atoms with van der Waals surface area (Å²) in [5.74, 6) is -2.71. The molecule has 0 saturated carbocycles. The third-order valence-corrected chi connectivity index (χ3v) is 2.75. The van der Waals surface area contributed by atoms with Crippen LogP contribution in [0.1, 0.15) is 24.1 Å². The maximum absolute atomic E-state index is 11.4. The molecule has 0 radical (unpaired) electrons. The molecule has 5 nitrogen and oxygen atoms in total. The first-order valence-corrected chi connectivity index (χ1v) is 5.41. The van der Waals surface area contributed by atoms with E-state index in [1.54, 1.807) is 31.3 Å². The summed E-state index contributed by atoms with van der Waals surface area (Å²) in [6.07, 6.45) is 0. The van der Waals surface area contributed by atoms with E-state index >= 15 is 0 Å². The highest BCUT2D eigenvalue weighted by atomic mass is 16.4. The van der Waals surface area contributed by atoms with Crippen LogP contribution in [-0.2, 0) is 9.59 Å². The van der Waals surface area contributed by atoms with Crippen LogP contribution in [0.4, 0.5) is 0 Å². The maximum atomic E-state index is 11.4. The molecule has 0 amide bonds. The summed E-state index contributed by atoms with van der Waals surface area (Å²) in [5, 5.41) is 20.6. The van der Waals surface area contributed by atoms with E-state index in [2.05, 4.69) is 5.32 Å². The molecule has 18 heavy (non-hydrogen) atoms. The maximum Gasteiger partial charge on any atom is 0.315 e. The minimum absolute atomic E-state index is 0.411. The van der Waals surface area contributed by atoms with Gasteiger partial charge in [-0.2, -0.15) is 5.26 Å². The van der Waals surface area contributed by atoms with Gasteiger partial charge in [-0.15, -0.1) is 0 Å². The Morgan fingerprint density at radius 1 is 1.33 bits per heavy atom. The molecule has 2 unspecified atom stereocenters. The van der Waals surface area contributed by atoms with Gasteiger partial charge >= 0.3 is 5.97 Å². The number of nitrogens with one attached hydrogen (secondary N) is 1. The lowest BCUT2D eigenvalue weighted by atomic mass is 9.90. The highest BCUT2D eigenvalue weighted by Crippen LogP contribution is 2.23. The molecular weight excluding hydrogens is 232 g/mol. The van der Waals surface area contributed by atoms with Crippen molar-refractivity contribution >= 4 is 11.8 Å². The van der Waals surface area contributed by atoms with Gasteiger partial charge in [0.25, 0.3) is 0 Å². The number of hydrogen-bond donors (Lipinski definition) is 2. The fourth-order valence-corrected chi connectivity index (χ4v) is 1.84. The van der Waals surface area contributed by atoms with Gasteiger partial charge in [0.1, 0.15) is 11.7 Å². The third-order valence-electron chi connectivity index (χ3n) is 2.75. The average Bonchev–Trinajstić information content (AvgIpc) is 2.35. The fraction of sp³-hybridized carbons (Fsp3) is 0.308. The number of aliphatic carboxylic acids is 1. The van der Waals surface area contributed by atoms with E-state index in [-0.39, 0.29) is 0 Å². The van der Waals surface area contributed by atoms with Crippen molar-refractivity contribution in [2.45, 2.75) is 13.0 Å². The summed E-state index contributed by atoms with van der Waals surface area (Å²) in [6, 6.07) is 7.87. The van der Waals surface area contributed by atoms with Crippen LogP contribution in [0.25, 0.3) is 0 Å². The molecule has 5 heteroatoms. The Hall–Kier alpha value is -2.19. The summed E-state index contributed by atoms with van der Waals surface area (Å²) in [6.45, 7) is 1.26. The van der Waals surface area contributed by atoms with Gasteiger partial charge in [0.2, 0.25) is 0 Å². The lowest BCUT2D eigenvalue weighted by Crippen LogP contribution is -2.35. The summed E-state index contributed by atoms with van der Waals surface area (Å²) < 4.78 is 0. The largest absolute Gasteiger partial charge is 0.481 e. The number of hydrogen-bond acceptors (Lipinski definition) is 4. The topological polar surface area (TPSA) is 90.2 Å². The number of rotatable bonds is 5. The molecule has 0 aliphatic carbocycles. The van der Waals surface area contributed by atoms with Gasteiger partial charge in [-0.1, -0.05) is 12.1 Å². The first-order valence-electron chi connectivity index (χ1n) is 5.41. The molecule has 0 saturated heterocycles. The molecule has 2 atom stereocenters. The fourth-order valence-electron chi connectivity index (χ4n) is 1.84. The normalized spacial score (nSPS) is 13.4. The van der Waals surface area contributed by atoms with Gasteiger partial charge < -0.3 is 10.4 Å². The summed E-state index contributed by atoms with van der Waals surface area (Å²) in [5.41, 5.74) is 1.16. The van der Waals surface area contributed by atoms with Crippen molar-refractivity contribution in [2.75, 3.05) is 7.05 Å². The second kappa shape index (κ2) is 5.94. The second-order valence-corrected chi connectivity index (χ2v) is 3.93. The van der Waals surface area contributed by atoms with E-state index in [4.69, 9.17) is 10.4 Å². The van der Waals surface area contributed by atoms with Crippen LogP contribution in [0.15, 0.2) is 24.3 Å². The lowest BCUT2D eigenvalue weighted by Gasteiger charge is -2.22. The van der Waals surface area contributed by atoms with Crippen LogP contribution >= 0.6 is 0 Å². The van der Waals surface area contributed by atoms with Crippen molar-refractivity contribution < 1.29 is 14.7 Å². The third kappa shape index (κ3) is 2.93. The molecule has 94 valence electrons. The lowest BCUT2D eigenvalue weighted by molar-refractivity contribution is -0.147. The zero-order valence-corrected chi connectivity index (χ0v) is 10.2. The summed E-state index contributed by atoms with van der Waals surface area (Å²) in [4.78, 5) is 22.5. The summed E-state index contributed by atoms with van der Waals surface area (Å²) >= 11 is 0. The van der Waals surface area contributed by atoms with Gasteiger partial charge in [-0.25, -0.2) is 0 Å². The van der Waals surface area contributed by atoms with Crippen molar-refractivity contribution in [3.05, 3.63) is 35.4 Å². The Labute approximate surface area is 105 Å². The van der Waals surface area contributed by atoms with Crippen LogP contribution in [-0.4, -0.2) is 23.9 Å². The van der Waals surface area contributed by atoms with Gasteiger partial charge in [0.15, 0.2) is 0 Å². The van der Waals surface area contributed by atoms with Gasteiger partial charge in [-0.05, 0) is 31.7 Å². The molecule has 0 heterocycles. The molecule has 1 rings (SSSR count). The number of carboxylic acid groups (broad SMARTS) is 1. The number of carboxylic acids is 1. The van der Waals surface area contributed by atoms with Crippen molar-refractivity contribution in [1.82, 2.24) is 5.32 Å². The molecule has 0 aliphatic heterocycles. The minimum Gasteiger partial charge on any atom is -0.481 e. The van der Waals surface area contributed by atoms with Crippen LogP contribution in [0, 0.1) is 17.2 Å². The Bertz CT molecular complexity index is 474. The highest BCUT2D eigenvalue weighted by Gasteiger charge is 2.32. The Morgan fingerprint density at radius 2 is 1.89 bits per heavy atom. The van der Waals surface area contributed by atoms with E-state index in [9.17, 15) is 9.59 Å². The molecule has 1 aromatic rings. The predicted molar refractivity (Wildman–Crippen MR) is 64.8 cm³/mol. The van der Waals surface area contributed by atoms with Crippen LogP contribution < -0.4 is 5.32 Å². The molecular formula is C13H14N2O3. The first-order chi connectivity index (χ1) is 8.51. The van der Waals surface area contributed by atoms with Crippen LogP contribution in [0.3, 0.4) is 0 Å². The van der Waals surface area contributed by atoms with E-state index in [0.29, 0.717) is 11.1 Å². The molecule has 2 N–H and O–H groups in total. The van der Waals surface area contributed by atoms with Crippen LogP contribution in [0.2, 0.25) is 0 Å². The number of benzene rings is 1. The quantitative estimate of drug-likeness (QED) is 0.759. The smallest absolute Gasteiger partial charge is 0.315 e. The molecule has 0 aliphatic rings. The van der Waals surface area contributed by atoms with Gasteiger partial charge in [0, 0.05) is 0 Å². The Kier molecular flexibility index (Phi) is 4.58. The number of Topliss-reactive ketones (excluding diaryl/α,β-unsaturated/α-hetero) is 1. The zero-order valence-electron chi connectivity index (χ0n) is 10.2. The first kappa shape index (κ1) is 13.9. The minimum atomic E-state index is -1.16. The molecule has 0 bridgehead atoms. The number of carbonyl (C=O) groups is 2. The average molecular weight is 246 g/mol. The van der Waals surface area contributed by atoms with Gasteiger partial charge in [-0.3, -0.25) is 9.59 Å².